The number of carbonyl (C=O) groups excluding carboxylic acids is 4. The first-order chi connectivity index (χ1) is 32.4. The number of hydrogen-bond donors (Lipinski definition) is 0. The normalized spacial score (nSPS) is 36.3. The lowest BCUT2D eigenvalue weighted by molar-refractivity contribution is -0.131. The third kappa shape index (κ3) is 6.84. The molecule has 0 aromatic heterocycles. The van der Waals surface area contributed by atoms with Gasteiger partial charge in [-0.25, -0.2) is 14.4 Å². The van der Waals surface area contributed by atoms with Crippen LogP contribution in [0.2, 0.25) is 0 Å². The van der Waals surface area contributed by atoms with E-state index >= 15 is 0 Å². The van der Waals surface area contributed by atoms with E-state index < -0.39 is 50.2 Å². The predicted octanol–water partition coefficient (Wildman–Crippen LogP) is 4.73. The van der Waals surface area contributed by atoms with Gasteiger partial charge >= 0.3 is 18.3 Å². The van der Waals surface area contributed by atoms with Crippen LogP contribution < -0.4 is 0 Å². The Morgan fingerprint density at radius 3 is 0.957 bits per heavy atom. The van der Waals surface area contributed by atoms with E-state index in [1.165, 1.54) is 22.3 Å². The van der Waals surface area contributed by atoms with Crippen LogP contribution in [-0.2, 0) is 23.7 Å². The highest BCUT2D eigenvalue weighted by Gasteiger charge is 2.85. The van der Waals surface area contributed by atoms with Crippen molar-refractivity contribution in [2.75, 3.05) is 105 Å². The van der Waals surface area contributed by atoms with Gasteiger partial charge in [-0.15, -0.1) is 0 Å². The largest absolute Gasteiger partial charge is 0.444 e. The summed E-state index contributed by atoms with van der Waals surface area (Å²) in [6.45, 7) is 28.3. The van der Waals surface area contributed by atoms with E-state index in [0.717, 1.165) is 0 Å². The molecule has 0 aromatic rings. The quantitative estimate of drug-likeness (QED) is 0.219. The van der Waals surface area contributed by atoms with Gasteiger partial charge in [0.25, 0.3) is 0 Å². The van der Waals surface area contributed by atoms with E-state index in [1.54, 1.807) is 6.92 Å². The van der Waals surface area contributed by atoms with Gasteiger partial charge in [-0.1, -0.05) is 48.6 Å². The van der Waals surface area contributed by atoms with Gasteiger partial charge in [0, 0.05) is 123 Å². The van der Waals surface area contributed by atoms with Gasteiger partial charge in [0.2, 0.25) is 5.91 Å². The molecule has 0 aromatic carbocycles. The molecule has 6 atom stereocenters. The molecule has 1 spiro atoms. The first-order valence-corrected chi connectivity index (χ1v) is 25.4. The fraction of sp³-hybridized carbons (Fsp3) is 0.660. The van der Waals surface area contributed by atoms with E-state index in [2.05, 4.69) is 80.4 Å². The molecule has 0 N–H and O–H groups in total. The Labute approximate surface area is 407 Å². The maximum Gasteiger partial charge on any atom is 0.410 e. The summed E-state index contributed by atoms with van der Waals surface area (Å²) < 4.78 is 25.2. The van der Waals surface area contributed by atoms with E-state index in [4.69, 9.17) is 18.9 Å². The van der Waals surface area contributed by atoms with E-state index in [0.29, 0.717) is 105 Å². The number of rotatable bonds is 4. The molecular formula is C53H72N8O8. The Morgan fingerprint density at radius 1 is 0.406 bits per heavy atom. The molecule has 4 amide bonds. The summed E-state index contributed by atoms with van der Waals surface area (Å²) in [7, 11) is 0. The molecule has 0 radical (unpaired) electrons. The minimum atomic E-state index is -0.824. The van der Waals surface area contributed by atoms with Gasteiger partial charge in [0.05, 0.1) is 22.2 Å². The molecule has 372 valence electrons. The molecule has 5 heterocycles. The Balaban J connectivity index is 1.06. The molecule has 5 saturated heterocycles. The van der Waals surface area contributed by atoms with Gasteiger partial charge in [-0.3, -0.25) is 24.4 Å². The van der Waals surface area contributed by atoms with Crippen molar-refractivity contribution in [2.24, 2.45) is 0 Å². The molecule has 16 nitrogen and oxygen atoms in total. The van der Waals surface area contributed by atoms with E-state index in [1.807, 2.05) is 81.9 Å². The summed E-state index contributed by atoms with van der Waals surface area (Å²) in [5.74, 6) is 0.0900. The van der Waals surface area contributed by atoms with Crippen molar-refractivity contribution in [3.8, 4) is 0 Å². The van der Waals surface area contributed by atoms with Crippen LogP contribution >= 0.6 is 0 Å². The SMILES string of the molecule is CC(=O)N1CCN([C@@]23C=C[C@@]4(N5CCN(C(=O)OC(C)(C)C)CC5)C=C[C@@]5(N6CCN(C(=O)OC(C)(C)C)CC6)C=C[C@@]6(N7CCN(C(=O)OC(C)(C)C)CC7)C=C[C@]7(C=C2)O[C@@]72C3=C4C5=C62)CC1. The van der Waals surface area contributed by atoms with Crippen molar-refractivity contribution < 1.29 is 38.1 Å². The minimum absolute atomic E-state index is 0.0900. The number of carbonyl (C=O) groups is 4. The summed E-state index contributed by atoms with van der Waals surface area (Å²) >= 11 is 0. The Hall–Kier alpha value is -4.74. The molecular weight excluding hydrogens is 877 g/mol. The number of nitrogens with zero attached hydrogens (tertiary/aromatic N) is 8. The number of amides is 4. The van der Waals surface area contributed by atoms with Crippen LogP contribution in [0.4, 0.5) is 14.4 Å². The molecule has 11 rings (SSSR count). The third-order valence-corrected chi connectivity index (χ3v) is 16.4. The second kappa shape index (κ2) is 15.1. The number of epoxide rings is 1. The molecule has 16 heteroatoms. The standard InChI is InChI=1S/C53H72N8O8/c1-37(62)54-21-29-60(30-22-54)50-15-13-48(58-31-23-55(24-32-58)42(63)66-45(2,3)4)11-12-49(59-33-25-56(26-34-59)43(64)67-46(5,6)7)14-16-51(61-35-27-57(28-36-61)44(65)68-47(8,9)10)18-20-52(19-17-50)53(69-52)40(50)38(48)39(49)41(51)53/h11-20H,21-36H2,1-10H3/t48-,49+,50-,51+,52-,53+/m0/s1. The van der Waals surface area contributed by atoms with Crippen LogP contribution in [0.5, 0.6) is 0 Å². The summed E-state index contributed by atoms with van der Waals surface area (Å²) in [5.41, 5.74) is -1.06. The highest BCUT2D eigenvalue weighted by atomic mass is 16.6. The molecule has 5 aliphatic heterocycles. The Kier molecular flexibility index (Phi) is 10.2. The van der Waals surface area contributed by atoms with Crippen molar-refractivity contribution in [1.82, 2.24) is 39.2 Å². The van der Waals surface area contributed by atoms with Crippen LogP contribution in [-0.4, -0.2) is 218 Å². The van der Waals surface area contributed by atoms with Crippen LogP contribution in [0.15, 0.2) is 83.1 Å². The average molecular weight is 949 g/mol. The summed E-state index contributed by atoms with van der Waals surface area (Å²) in [5, 5.41) is 0. The lowest BCUT2D eigenvalue weighted by Crippen LogP contribution is -2.66. The van der Waals surface area contributed by atoms with Crippen molar-refractivity contribution in [2.45, 2.75) is 119 Å². The molecule has 0 bridgehead atoms. The summed E-state index contributed by atoms with van der Waals surface area (Å²) in [4.78, 5) is 71.0. The average Bonchev–Trinajstić information content (AvgIpc) is 3.90. The lowest BCUT2D eigenvalue weighted by atomic mass is 9.60. The maximum atomic E-state index is 13.5. The Morgan fingerprint density at radius 2 is 0.667 bits per heavy atom. The topological polar surface area (TPSA) is 134 Å². The zero-order valence-electron chi connectivity index (χ0n) is 42.4. The van der Waals surface area contributed by atoms with Crippen LogP contribution in [0, 0.1) is 0 Å². The molecule has 69 heavy (non-hydrogen) atoms. The van der Waals surface area contributed by atoms with Crippen molar-refractivity contribution in [3.63, 3.8) is 0 Å². The maximum absolute atomic E-state index is 13.5. The highest BCUT2D eigenvalue weighted by molar-refractivity contribution is 5.87. The third-order valence-electron chi connectivity index (χ3n) is 16.4. The fourth-order valence-electron chi connectivity index (χ4n) is 13.3. The van der Waals surface area contributed by atoms with Gasteiger partial charge in [-0.05, 0) is 85.6 Å². The molecule has 6 aliphatic carbocycles. The van der Waals surface area contributed by atoms with Gasteiger partial charge < -0.3 is 38.5 Å². The summed E-state index contributed by atoms with van der Waals surface area (Å²) in [6.07, 6.45) is 23.0. The number of piperazine rings is 4. The predicted molar refractivity (Wildman–Crippen MR) is 259 cm³/mol. The fourth-order valence-corrected chi connectivity index (χ4v) is 13.3. The molecule has 11 aliphatic rings. The van der Waals surface area contributed by atoms with Crippen molar-refractivity contribution in [3.05, 3.63) is 83.1 Å². The van der Waals surface area contributed by atoms with Crippen molar-refractivity contribution >= 4 is 24.2 Å². The van der Waals surface area contributed by atoms with E-state index in [9.17, 15) is 19.2 Å². The summed E-state index contributed by atoms with van der Waals surface area (Å²) in [6, 6.07) is 0. The minimum Gasteiger partial charge on any atom is -0.444 e. The zero-order valence-corrected chi connectivity index (χ0v) is 42.4. The van der Waals surface area contributed by atoms with Gasteiger partial charge in [-0.2, -0.15) is 0 Å². The molecule has 0 saturated carbocycles. The zero-order chi connectivity index (χ0) is 49.0. The monoisotopic (exact) mass is 949 g/mol. The smallest absolute Gasteiger partial charge is 0.410 e. The van der Waals surface area contributed by atoms with E-state index in [-0.39, 0.29) is 24.2 Å². The lowest BCUT2D eigenvalue weighted by Gasteiger charge is -2.58. The van der Waals surface area contributed by atoms with Crippen molar-refractivity contribution in [1.29, 1.82) is 0 Å². The second-order valence-electron chi connectivity index (χ2n) is 23.9. The van der Waals surface area contributed by atoms with Crippen LogP contribution in [0.3, 0.4) is 0 Å². The van der Waals surface area contributed by atoms with Crippen LogP contribution in [0.25, 0.3) is 0 Å². The number of ether oxygens (including phenoxy) is 4. The van der Waals surface area contributed by atoms with Gasteiger partial charge in [0.15, 0.2) is 5.60 Å². The Bertz CT molecular complexity index is 2460. The first kappa shape index (κ1) is 46.6. The van der Waals surface area contributed by atoms with Crippen LogP contribution in [0.1, 0.15) is 69.2 Å². The van der Waals surface area contributed by atoms with Gasteiger partial charge in [0.1, 0.15) is 22.4 Å². The molecule has 5 fully saturated rings. The first-order valence-electron chi connectivity index (χ1n) is 25.4. The highest BCUT2D eigenvalue weighted by Crippen LogP contribution is 2.78. The molecule has 0 unspecified atom stereocenters. The second-order valence-corrected chi connectivity index (χ2v) is 23.9. The number of hydrogen-bond acceptors (Lipinski definition) is 12.